The van der Waals surface area contributed by atoms with Crippen molar-refractivity contribution in [2.45, 2.75) is 6.92 Å². The van der Waals surface area contributed by atoms with Gasteiger partial charge in [-0.25, -0.2) is 0 Å². The molecule has 0 atom stereocenters. The van der Waals surface area contributed by atoms with Crippen molar-refractivity contribution < 1.29 is 4.79 Å². The number of aromatic nitrogens is 7. The van der Waals surface area contributed by atoms with E-state index in [1.807, 2.05) is 6.07 Å². The monoisotopic (exact) mass is 285 g/mol. The lowest BCUT2D eigenvalue weighted by Crippen LogP contribution is -2.14. The predicted octanol–water partition coefficient (Wildman–Crippen LogP) is -0.0767. The van der Waals surface area contributed by atoms with Crippen LogP contribution in [0.2, 0.25) is 0 Å². The van der Waals surface area contributed by atoms with Crippen LogP contribution in [0.25, 0.3) is 5.69 Å². The molecule has 10 nitrogen and oxygen atoms in total. The molecule has 106 valence electrons. The lowest BCUT2D eigenvalue weighted by molar-refractivity contribution is 0.101. The van der Waals surface area contributed by atoms with E-state index in [-0.39, 0.29) is 11.8 Å². The van der Waals surface area contributed by atoms with Crippen molar-refractivity contribution in [1.82, 2.24) is 35.4 Å². The molecule has 0 bridgehead atoms. The van der Waals surface area contributed by atoms with E-state index in [9.17, 15) is 4.79 Å². The molecule has 2 heterocycles. The molecule has 3 aromatic rings. The van der Waals surface area contributed by atoms with Crippen LogP contribution in [0.4, 0.5) is 11.6 Å². The molecule has 0 unspecified atom stereocenters. The summed E-state index contributed by atoms with van der Waals surface area (Å²) in [5.74, 6) is 0.251. The number of H-pyrrole nitrogens is 1. The highest BCUT2D eigenvalue weighted by molar-refractivity contribution is 6.01. The number of carbonyl (C=O) groups is 1. The number of nitrogen functional groups attached to an aromatic ring is 1. The number of benzene rings is 1. The largest absolute Gasteiger partial charge is 0.366 e. The maximum absolute atomic E-state index is 11.9. The van der Waals surface area contributed by atoms with Gasteiger partial charge in [-0.2, -0.15) is 9.67 Å². The van der Waals surface area contributed by atoms with Crippen molar-refractivity contribution in [1.29, 1.82) is 0 Å². The third kappa shape index (κ3) is 2.54. The summed E-state index contributed by atoms with van der Waals surface area (Å²) in [7, 11) is 0. The number of tetrazole rings is 1. The van der Waals surface area contributed by atoms with Gasteiger partial charge in [-0.3, -0.25) is 9.89 Å². The Morgan fingerprint density at radius 1 is 1.43 bits per heavy atom. The molecule has 0 saturated carbocycles. The van der Waals surface area contributed by atoms with Crippen LogP contribution in [0, 0.1) is 6.92 Å². The highest BCUT2D eigenvalue weighted by Crippen LogP contribution is 2.15. The number of carbonyl (C=O) groups excluding carboxylic acids is 1. The van der Waals surface area contributed by atoms with Crippen LogP contribution in [-0.2, 0) is 0 Å². The van der Waals surface area contributed by atoms with Crippen LogP contribution in [0.1, 0.15) is 16.4 Å². The number of aryl methyl sites for hydroxylation is 1. The van der Waals surface area contributed by atoms with Gasteiger partial charge in [0.15, 0.2) is 5.82 Å². The number of nitrogens with two attached hydrogens (primary N) is 1. The molecular formula is C11H11N9O. The maximum atomic E-state index is 11.9. The number of nitrogens with zero attached hydrogens (tertiary/aromatic N) is 6. The van der Waals surface area contributed by atoms with Gasteiger partial charge in [0.25, 0.3) is 5.91 Å². The number of nitrogens with one attached hydrogen (secondary N) is 2. The van der Waals surface area contributed by atoms with Gasteiger partial charge in [-0.1, -0.05) is 6.07 Å². The zero-order chi connectivity index (χ0) is 14.8. The molecule has 10 heteroatoms. The zero-order valence-corrected chi connectivity index (χ0v) is 11.0. The summed E-state index contributed by atoms with van der Waals surface area (Å²) in [6.45, 7) is 1.78. The van der Waals surface area contributed by atoms with Crippen molar-refractivity contribution in [2.75, 3.05) is 11.1 Å². The highest BCUT2D eigenvalue weighted by Gasteiger charge is 2.11. The van der Waals surface area contributed by atoms with E-state index in [1.54, 1.807) is 29.8 Å². The van der Waals surface area contributed by atoms with Gasteiger partial charge in [-0.15, -0.1) is 10.2 Å². The lowest BCUT2D eigenvalue weighted by Gasteiger charge is -2.06. The first kappa shape index (κ1) is 12.7. The summed E-state index contributed by atoms with van der Waals surface area (Å²) >= 11 is 0. The second-order valence-corrected chi connectivity index (χ2v) is 4.18. The predicted molar refractivity (Wildman–Crippen MR) is 72.6 cm³/mol. The molecule has 0 saturated heterocycles. The minimum absolute atomic E-state index is 0.0122. The fourth-order valence-electron chi connectivity index (χ4n) is 1.75. The van der Waals surface area contributed by atoms with E-state index in [1.165, 1.54) is 0 Å². The summed E-state index contributed by atoms with van der Waals surface area (Å²) in [5.41, 5.74) is 6.66. The Morgan fingerprint density at radius 2 is 2.29 bits per heavy atom. The van der Waals surface area contributed by atoms with Crippen molar-refractivity contribution in [3.63, 3.8) is 0 Å². The van der Waals surface area contributed by atoms with Crippen LogP contribution in [-0.4, -0.2) is 41.3 Å². The van der Waals surface area contributed by atoms with Crippen molar-refractivity contribution >= 4 is 17.5 Å². The molecule has 21 heavy (non-hydrogen) atoms. The highest BCUT2D eigenvalue weighted by atomic mass is 16.2. The molecule has 0 spiro atoms. The first-order chi connectivity index (χ1) is 10.1. The van der Waals surface area contributed by atoms with Gasteiger partial charge < -0.3 is 11.1 Å². The Kier molecular flexibility index (Phi) is 3.03. The van der Waals surface area contributed by atoms with Crippen molar-refractivity contribution in [3.05, 3.63) is 35.9 Å². The van der Waals surface area contributed by atoms with Crippen molar-refractivity contribution in [2.24, 2.45) is 0 Å². The standard InChI is InChI=1S/C11H11N9O/c1-6-15-18-19-20(6)8-4-2-3-7(5-8)13-10(21)9-14-11(12)17-16-9/h2-5H,1H3,(H,13,21)(H3,12,14,16,17). The summed E-state index contributed by atoms with van der Waals surface area (Å²) in [5, 5.41) is 20.0. The molecule has 0 aliphatic carbocycles. The van der Waals surface area contributed by atoms with E-state index in [2.05, 4.69) is 36.0 Å². The Balaban J connectivity index is 1.84. The Labute approximate surface area is 118 Å². The van der Waals surface area contributed by atoms with E-state index in [4.69, 9.17) is 5.73 Å². The average Bonchev–Trinajstić information content (AvgIpc) is 3.08. The summed E-state index contributed by atoms with van der Waals surface area (Å²) in [6.07, 6.45) is 0. The number of amides is 1. The van der Waals surface area contributed by atoms with Gasteiger partial charge in [0.05, 0.1) is 5.69 Å². The van der Waals surface area contributed by atoms with E-state index in [0.29, 0.717) is 11.5 Å². The van der Waals surface area contributed by atoms with Crippen molar-refractivity contribution in [3.8, 4) is 5.69 Å². The smallest absolute Gasteiger partial charge is 0.293 e. The SMILES string of the molecule is Cc1nnnn1-c1cccc(NC(=O)c2nc(N)n[nH]2)c1. The van der Waals surface area contributed by atoms with Gasteiger partial charge in [-0.05, 0) is 35.5 Å². The number of rotatable bonds is 3. The van der Waals surface area contributed by atoms with E-state index in [0.717, 1.165) is 5.69 Å². The van der Waals surface area contributed by atoms with Crippen LogP contribution >= 0.6 is 0 Å². The van der Waals surface area contributed by atoms with E-state index >= 15 is 0 Å². The molecule has 0 aliphatic rings. The molecule has 4 N–H and O–H groups in total. The van der Waals surface area contributed by atoms with Crippen LogP contribution in [0.5, 0.6) is 0 Å². The van der Waals surface area contributed by atoms with E-state index < -0.39 is 5.91 Å². The Morgan fingerprint density at radius 3 is 2.95 bits per heavy atom. The normalized spacial score (nSPS) is 10.5. The third-order valence-corrected chi connectivity index (χ3v) is 2.69. The van der Waals surface area contributed by atoms with Crippen LogP contribution in [0.3, 0.4) is 0 Å². The topological polar surface area (TPSA) is 140 Å². The number of aromatic amines is 1. The summed E-state index contributed by atoms with van der Waals surface area (Å²) in [4.78, 5) is 15.7. The molecule has 1 amide bonds. The van der Waals surface area contributed by atoms with Crippen LogP contribution < -0.4 is 11.1 Å². The molecular weight excluding hydrogens is 274 g/mol. The first-order valence-electron chi connectivity index (χ1n) is 5.98. The van der Waals surface area contributed by atoms with Gasteiger partial charge in [0.2, 0.25) is 11.8 Å². The molecule has 2 aromatic heterocycles. The molecule has 1 aromatic carbocycles. The number of hydrogen-bond donors (Lipinski definition) is 3. The average molecular weight is 285 g/mol. The third-order valence-electron chi connectivity index (χ3n) is 2.69. The molecule has 0 aliphatic heterocycles. The summed E-state index contributed by atoms with van der Waals surface area (Å²) < 4.78 is 1.56. The Hall–Kier alpha value is -3.30. The Bertz CT molecular complexity index is 790. The van der Waals surface area contributed by atoms with Crippen LogP contribution in [0.15, 0.2) is 24.3 Å². The van der Waals surface area contributed by atoms with Gasteiger partial charge >= 0.3 is 0 Å². The minimum Gasteiger partial charge on any atom is -0.366 e. The number of anilines is 2. The second-order valence-electron chi connectivity index (χ2n) is 4.18. The zero-order valence-electron chi connectivity index (χ0n) is 11.0. The lowest BCUT2D eigenvalue weighted by atomic mass is 10.2. The number of hydrogen-bond acceptors (Lipinski definition) is 7. The minimum atomic E-state index is -0.440. The molecule has 0 fully saturated rings. The quantitative estimate of drug-likeness (QED) is 0.611. The maximum Gasteiger partial charge on any atom is 0.293 e. The van der Waals surface area contributed by atoms with Gasteiger partial charge in [0.1, 0.15) is 0 Å². The fourth-order valence-corrected chi connectivity index (χ4v) is 1.75. The molecule has 3 rings (SSSR count). The van der Waals surface area contributed by atoms with Gasteiger partial charge in [0, 0.05) is 5.69 Å². The second kappa shape index (κ2) is 5.00. The summed E-state index contributed by atoms with van der Waals surface area (Å²) in [6, 6.07) is 7.08. The molecule has 0 radical (unpaired) electrons. The first-order valence-corrected chi connectivity index (χ1v) is 5.98. The fraction of sp³-hybridized carbons (Fsp3) is 0.0909.